The smallest absolute Gasteiger partial charge is 0.255 e. The maximum atomic E-state index is 13.5. The third kappa shape index (κ3) is 57.5. The maximum absolute atomic E-state index is 13.5. The average Bonchev–Trinajstić information content (AvgIpc) is 3.56. The van der Waals surface area contributed by atoms with E-state index in [-0.39, 0.29) is 11.8 Å². The first kappa shape index (κ1) is 79.0. The summed E-state index contributed by atoms with van der Waals surface area (Å²) >= 11 is 0. The normalized spacial score (nSPS) is 11.5. The molecule has 1 rings (SSSR count). The highest BCUT2D eigenvalue weighted by Gasteiger charge is 2.16. The Balaban J connectivity index is 2.11. The zero-order valence-electron chi connectivity index (χ0n) is 56.8. The van der Waals surface area contributed by atoms with Crippen LogP contribution in [0.4, 0.5) is 0 Å². The molecule has 0 saturated carbocycles. The van der Waals surface area contributed by atoms with Crippen molar-refractivity contribution in [3.8, 4) is 5.75 Å². The van der Waals surface area contributed by atoms with E-state index in [1.54, 1.807) is 18.2 Å². The first-order chi connectivity index (χ1) is 41.1. The molecule has 0 aliphatic rings. The van der Waals surface area contributed by atoms with Gasteiger partial charge in [0.2, 0.25) is 0 Å². The van der Waals surface area contributed by atoms with Crippen molar-refractivity contribution in [3.05, 3.63) is 29.3 Å². The number of rotatable bonds is 70. The second kappa shape index (κ2) is 67.5. The minimum Gasteiger partial charge on any atom is -0.493 e. The Kier molecular flexibility index (Phi) is 64.2. The lowest BCUT2D eigenvalue weighted by Crippen LogP contribution is -2.26. The van der Waals surface area contributed by atoms with Gasteiger partial charge in [-0.1, -0.05) is 412 Å². The van der Waals surface area contributed by atoms with Gasteiger partial charge in [-0.2, -0.15) is 0 Å². The van der Waals surface area contributed by atoms with E-state index in [0.717, 1.165) is 38.5 Å². The fraction of sp³-hybridized carbons (Fsp3) is 0.897. The molecule has 83 heavy (non-hydrogen) atoms. The minimum absolute atomic E-state index is 0.0743. The van der Waals surface area contributed by atoms with Gasteiger partial charge in [0, 0.05) is 18.7 Å². The summed E-state index contributed by atoms with van der Waals surface area (Å²) in [5.74, 6) is 0.373. The number of ether oxygens (including phenoxy) is 1. The van der Waals surface area contributed by atoms with Gasteiger partial charge >= 0.3 is 0 Å². The van der Waals surface area contributed by atoms with E-state index in [1.165, 1.54) is 372 Å². The lowest BCUT2D eigenvalue weighted by Gasteiger charge is -2.14. The predicted octanol–water partition coefficient (Wildman–Crippen LogP) is 26.6. The molecule has 0 saturated heterocycles. The number of benzene rings is 1. The van der Waals surface area contributed by atoms with Crippen molar-refractivity contribution in [3.63, 3.8) is 0 Å². The molecular formula is C78H148N2O3. The zero-order valence-corrected chi connectivity index (χ0v) is 56.8. The second-order valence-electron chi connectivity index (χ2n) is 26.6. The number of unbranched alkanes of at least 4 members (excludes halogenated alkanes) is 61. The molecule has 0 atom stereocenters. The van der Waals surface area contributed by atoms with Gasteiger partial charge in [-0.25, -0.2) is 0 Å². The molecule has 1 aromatic rings. The molecule has 0 radical (unpaired) electrons. The van der Waals surface area contributed by atoms with E-state index in [1.807, 2.05) is 0 Å². The third-order valence-electron chi connectivity index (χ3n) is 18.4. The number of hydrogen-bond donors (Lipinski definition) is 2. The van der Waals surface area contributed by atoms with E-state index < -0.39 is 0 Å². The molecule has 0 aliphatic heterocycles. The number of carbonyl (C=O) groups excluding carboxylic acids is 2. The van der Waals surface area contributed by atoms with Crippen LogP contribution in [0.15, 0.2) is 18.2 Å². The first-order valence-corrected chi connectivity index (χ1v) is 38.5. The molecule has 5 nitrogen and oxygen atoms in total. The molecule has 2 N–H and O–H groups in total. The lowest BCUT2D eigenvalue weighted by atomic mass is 10.0. The van der Waals surface area contributed by atoms with Crippen LogP contribution >= 0.6 is 0 Å². The van der Waals surface area contributed by atoms with Crippen LogP contribution in [0, 0.1) is 0 Å². The molecule has 0 spiro atoms. The van der Waals surface area contributed by atoms with Crippen molar-refractivity contribution in [2.45, 2.75) is 432 Å². The van der Waals surface area contributed by atoms with E-state index in [9.17, 15) is 9.59 Å². The summed E-state index contributed by atoms with van der Waals surface area (Å²) in [5, 5.41) is 6.33. The highest BCUT2D eigenvalue weighted by atomic mass is 16.5. The summed E-state index contributed by atoms with van der Waals surface area (Å²) in [6.45, 7) is 8.81. The summed E-state index contributed by atoms with van der Waals surface area (Å²) in [6, 6.07) is 5.41. The van der Waals surface area contributed by atoms with Crippen LogP contribution in [0.3, 0.4) is 0 Å². The van der Waals surface area contributed by atoms with Crippen LogP contribution in [-0.2, 0) is 0 Å². The lowest BCUT2D eigenvalue weighted by molar-refractivity contribution is 0.0937. The van der Waals surface area contributed by atoms with E-state index in [4.69, 9.17) is 4.74 Å². The fourth-order valence-corrected chi connectivity index (χ4v) is 12.6. The Bertz CT molecular complexity index is 1440. The molecule has 0 aromatic heterocycles. The third-order valence-corrected chi connectivity index (χ3v) is 18.4. The van der Waals surface area contributed by atoms with Crippen LogP contribution < -0.4 is 15.4 Å². The standard InChI is InChI=1S/C78H148N2O3/c1-4-7-10-13-16-19-21-23-25-27-29-31-33-35-37-39-41-43-45-47-49-51-53-55-57-59-62-65-70-79-77(81)74-68-69-75(76(73-74)83-72-67-64-61-18-15-12-9-6-3)78(82)80-71-66-63-60-58-56-54-52-50-48-46-44-42-40-38-36-34-32-30-28-26-24-22-20-17-14-11-8-5-2/h68-69,73H,4-67,70-72H2,1-3H3,(H,79,81)(H,80,82). The van der Waals surface area contributed by atoms with Crippen molar-refractivity contribution in [2.24, 2.45) is 0 Å². The highest BCUT2D eigenvalue weighted by molar-refractivity contribution is 6.00. The van der Waals surface area contributed by atoms with Crippen LogP contribution in [0.25, 0.3) is 0 Å². The molecule has 5 heteroatoms. The molecule has 0 bridgehead atoms. The van der Waals surface area contributed by atoms with Crippen molar-refractivity contribution >= 4 is 11.8 Å². The quantitative estimate of drug-likeness (QED) is 0.0639. The zero-order chi connectivity index (χ0) is 59.5. The summed E-state index contributed by atoms with van der Waals surface area (Å²) < 4.78 is 6.29. The van der Waals surface area contributed by atoms with Crippen LogP contribution in [0.2, 0.25) is 0 Å². The Morgan fingerprint density at radius 3 is 0.711 bits per heavy atom. The Morgan fingerprint density at radius 2 is 0.470 bits per heavy atom. The summed E-state index contributed by atoms with van der Waals surface area (Å²) in [4.78, 5) is 26.8. The number of carbonyl (C=O) groups is 2. The predicted molar refractivity (Wildman–Crippen MR) is 369 cm³/mol. The molecule has 0 unspecified atom stereocenters. The molecule has 0 aliphatic carbocycles. The number of hydrogen-bond acceptors (Lipinski definition) is 3. The number of amides is 2. The largest absolute Gasteiger partial charge is 0.493 e. The van der Waals surface area contributed by atoms with Gasteiger partial charge in [0.1, 0.15) is 5.75 Å². The van der Waals surface area contributed by atoms with Gasteiger partial charge in [-0.05, 0) is 37.5 Å². The van der Waals surface area contributed by atoms with Crippen LogP contribution in [0.1, 0.15) is 452 Å². The van der Waals surface area contributed by atoms with Gasteiger partial charge in [0.05, 0.1) is 12.2 Å². The van der Waals surface area contributed by atoms with Gasteiger partial charge in [0.25, 0.3) is 11.8 Å². The molecule has 488 valence electrons. The van der Waals surface area contributed by atoms with Gasteiger partial charge in [-0.15, -0.1) is 0 Å². The molecule has 1 aromatic carbocycles. The fourth-order valence-electron chi connectivity index (χ4n) is 12.6. The number of nitrogens with one attached hydrogen (secondary N) is 2. The van der Waals surface area contributed by atoms with Gasteiger partial charge < -0.3 is 15.4 Å². The molecule has 0 fully saturated rings. The summed E-state index contributed by atoms with van der Waals surface area (Å²) in [6.07, 6.45) is 88.2. The maximum Gasteiger partial charge on any atom is 0.255 e. The SMILES string of the molecule is CCCCCCCCCCCCCCCCCCCCCCCCCCCCCCNC(=O)c1ccc(C(=O)NCCCCCCCCCCCCCCCCCCCCCCCCCCCCCC)c(OCCCCCCCCCC)c1. The van der Waals surface area contributed by atoms with Gasteiger partial charge in [-0.3, -0.25) is 9.59 Å². The topological polar surface area (TPSA) is 67.4 Å². The molecule has 0 heterocycles. The van der Waals surface area contributed by atoms with Gasteiger partial charge in [0.15, 0.2) is 0 Å². The van der Waals surface area contributed by atoms with Crippen molar-refractivity contribution in [1.29, 1.82) is 0 Å². The van der Waals surface area contributed by atoms with E-state index in [0.29, 0.717) is 36.6 Å². The van der Waals surface area contributed by atoms with E-state index >= 15 is 0 Å². The van der Waals surface area contributed by atoms with Crippen LogP contribution in [0.5, 0.6) is 5.75 Å². The molecule has 2 amide bonds. The Labute approximate surface area is 520 Å². The minimum atomic E-state index is -0.0937. The van der Waals surface area contributed by atoms with E-state index in [2.05, 4.69) is 31.4 Å². The van der Waals surface area contributed by atoms with Crippen molar-refractivity contribution < 1.29 is 14.3 Å². The summed E-state index contributed by atoms with van der Waals surface area (Å²) in [7, 11) is 0. The second-order valence-corrected chi connectivity index (χ2v) is 26.6. The Hall–Kier alpha value is -2.04. The van der Waals surface area contributed by atoms with Crippen molar-refractivity contribution in [2.75, 3.05) is 19.7 Å². The van der Waals surface area contributed by atoms with Crippen LogP contribution in [-0.4, -0.2) is 31.5 Å². The van der Waals surface area contributed by atoms with Crippen molar-refractivity contribution in [1.82, 2.24) is 10.6 Å². The molecular weight excluding hydrogens is 1010 g/mol. The monoisotopic (exact) mass is 1160 g/mol. The highest BCUT2D eigenvalue weighted by Crippen LogP contribution is 2.24. The average molecular weight is 1160 g/mol. The Morgan fingerprint density at radius 1 is 0.265 bits per heavy atom. The first-order valence-electron chi connectivity index (χ1n) is 38.5. The summed E-state index contributed by atoms with van der Waals surface area (Å²) in [5.41, 5.74) is 1.12.